The lowest BCUT2D eigenvalue weighted by Gasteiger charge is -1.96. The Balaban J connectivity index is 2.02. The predicted molar refractivity (Wildman–Crippen MR) is 55.4 cm³/mol. The van der Waals surface area contributed by atoms with Crippen molar-refractivity contribution in [1.29, 1.82) is 0 Å². The summed E-state index contributed by atoms with van der Waals surface area (Å²) >= 11 is 1.46. The van der Waals surface area contributed by atoms with Gasteiger partial charge in [0.15, 0.2) is 0 Å². The van der Waals surface area contributed by atoms with E-state index < -0.39 is 0 Å². The maximum atomic E-state index is 4.24. The smallest absolute Gasteiger partial charge is 0.0925 e. The minimum atomic E-state index is 0.925. The molecule has 0 aliphatic heterocycles. The molecule has 0 amide bonds. The Bertz CT molecular complexity index is 378. The van der Waals surface area contributed by atoms with E-state index in [1.165, 1.54) is 16.4 Å². The van der Waals surface area contributed by atoms with Crippen LogP contribution in [0.4, 0.5) is 0 Å². The van der Waals surface area contributed by atoms with Crippen molar-refractivity contribution in [2.24, 2.45) is 0 Å². The number of imidazole rings is 1. The number of rotatable bonds is 3. The first kappa shape index (κ1) is 9.33. The van der Waals surface area contributed by atoms with Crippen molar-refractivity contribution in [3.8, 4) is 0 Å². The summed E-state index contributed by atoms with van der Waals surface area (Å²) in [4.78, 5) is 8.52. The number of aryl methyl sites for hydroxylation is 4. The van der Waals surface area contributed by atoms with Crippen LogP contribution in [0.3, 0.4) is 0 Å². The third kappa shape index (κ3) is 1.82. The van der Waals surface area contributed by atoms with Gasteiger partial charge in [0.1, 0.15) is 0 Å². The maximum Gasteiger partial charge on any atom is 0.0925 e. The Morgan fingerprint density at radius 1 is 1.29 bits per heavy atom. The predicted octanol–water partition coefficient (Wildman–Crippen LogP) is 1.66. The van der Waals surface area contributed by atoms with Gasteiger partial charge in [-0.1, -0.05) is 4.49 Å². The highest BCUT2D eigenvalue weighted by Gasteiger charge is 2.06. The SMILES string of the molecule is Cc1[nH]cnc1CCc1nnsc1C. The lowest BCUT2D eigenvalue weighted by molar-refractivity contribution is 0.862. The van der Waals surface area contributed by atoms with Crippen LogP contribution in [-0.2, 0) is 12.8 Å². The summed E-state index contributed by atoms with van der Waals surface area (Å²) < 4.78 is 3.91. The molecule has 0 saturated carbocycles. The molecule has 5 heteroatoms. The largest absolute Gasteiger partial charge is 0.348 e. The molecule has 14 heavy (non-hydrogen) atoms. The van der Waals surface area contributed by atoms with E-state index in [1.54, 1.807) is 6.33 Å². The van der Waals surface area contributed by atoms with Gasteiger partial charge >= 0.3 is 0 Å². The van der Waals surface area contributed by atoms with Gasteiger partial charge in [0.2, 0.25) is 0 Å². The topological polar surface area (TPSA) is 54.5 Å². The molecular formula is C9H12N4S. The van der Waals surface area contributed by atoms with Crippen molar-refractivity contribution in [1.82, 2.24) is 19.6 Å². The average molecular weight is 208 g/mol. The number of hydrogen-bond donors (Lipinski definition) is 1. The summed E-state index contributed by atoms with van der Waals surface area (Å²) in [5, 5.41) is 4.08. The van der Waals surface area contributed by atoms with Crippen LogP contribution in [0.15, 0.2) is 6.33 Å². The number of aromatic amines is 1. The van der Waals surface area contributed by atoms with E-state index in [-0.39, 0.29) is 0 Å². The Morgan fingerprint density at radius 3 is 2.64 bits per heavy atom. The molecule has 0 fully saturated rings. The van der Waals surface area contributed by atoms with Crippen LogP contribution in [0.25, 0.3) is 0 Å². The lowest BCUT2D eigenvalue weighted by Crippen LogP contribution is -1.95. The molecule has 4 nitrogen and oxygen atoms in total. The van der Waals surface area contributed by atoms with Crippen molar-refractivity contribution in [2.45, 2.75) is 26.7 Å². The van der Waals surface area contributed by atoms with Gasteiger partial charge in [-0.3, -0.25) is 0 Å². The molecule has 0 radical (unpaired) electrons. The highest BCUT2D eigenvalue weighted by molar-refractivity contribution is 7.05. The molecule has 0 aliphatic rings. The Morgan fingerprint density at radius 2 is 2.07 bits per heavy atom. The van der Waals surface area contributed by atoms with Gasteiger partial charge in [0, 0.05) is 10.6 Å². The minimum Gasteiger partial charge on any atom is -0.348 e. The minimum absolute atomic E-state index is 0.925. The van der Waals surface area contributed by atoms with E-state index in [9.17, 15) is 0 Å². The molecule has 2 heterocycles. The van der Waals surface area contributed by atoms with Crippen LogP contribution < -0.4 is 0 Å². The van der Waals surface area contributed by atoms with Crippen molar-refractivity contribution in [2.75, 3.05) is 0 Å². The number of H-pyrrole nitrogens is 1. The zero-order valence-electron chi connectivity index (χ0n) is 8.24. The van der Waals surface area contributed by atoms with Crippen LogP contribution in [-0.4, -0.2) is 19.6 Å². The van der Waals surface area contributed by atoms with Crippen molar-refractivity contribution in [3.63, 3.8) is 0 Å². The number of hydrogen-bond acceptors (Lipinski definition) is 4. The number of nitrogens with one attached hydrogen (secondary N) is 1. The molecule has 0 spiro atoms. The van der Waals surface area contributed by atoms with Crippen LogP contribution in [0, 0.1) is 13.8 Å². The molecule has 0 saturated heterocycles. The Labute approximate surface area is 86.6 Å². The second-order valence-corrected chi connectivity index (χ2v) is 4.21. The quantitative estimate of drug-likeness (QED) is 0.834. The average Bonchev–Trinajstić information content (AvgIpc) is 2.72. The van der Waals surface area contributed by atoms with Crippen LogP contribution >= 0.6 is 11.5 Å². The molecule has 2 aromatic rings. The first-order valence-electron chi connectivity index (χ1n) is 4.54. The fraction of sp³-hybridized carbons (Fsp3) is 0.444. The third-order valence-electron chi connectivity index (χ3n) is 2.28. The molecule has 0 atom stereocenters. The summed E-state index contributed by atoms with van der Waals surface area (Å²) in [6.45, 7) is 4.09. The van der Waals surface area contributed by atoms with E-state index in [0.717, 1.165) is 29.9 Å². The molecule has 2 aromatic heterocycles. The van der Waals surface area contributed by atoms with Gasteiger partial charge in [-0.25, -0.2) is 4.98 Å². The van der Waals surface area contributed by atoms with Crippen LogP contribution in [0.2, 0.25) is 0 Å². The first-order chi connectivity index (χ1) is 6.77. The summed E-state index contributed by atoms with van der Waals surface area (Å²) in [5.41, 5.74) is 3.36. The van der Waals surface area contributed by atoms with Gasteiger partial charge < -0.3 is 4.98 Å². The fourth-order valence-electron chi connectivity index (χ4n) is 1.36. The summed E-state index contributed by atoms with van der Waals surface area (Å²) in [6, 6.07) is 0. The highest BCUT2D eigenvalue weighted by Crippen LogP contribution is 2.11. The lowest BCUT2D eigenvalue weighted by atomic mass is 10.1. The molecule has 2 rings (SSSR count). The van der Waals surface area contributed by atoms with Crippen molar-refractivity contribution >= 4 is 11.5 Å². The van der Waals surface area contributed by atoms with E-state index in [0.29, 0.717) is 0 Å². The summed E-state index contributed by atoms with van der Waals surface area (Å²) in [7, 11) is 0. The van der Waals surface area contributed by atoms with Gasteiger partial charge in [-0.2, -0.15) is 0 Å². The van der Waals surface area contributed by atoms with Gasteiger partial charge in [0.25, 0.3) is 0 Å². The maximum absolute atomic E-state index is 4.24. The number of aromatic nitrogens is 4. The molecule has 0 unspecified atom stereocenters. The molecule has 0 aromatic carbocycles. The van der Waals surface area contributed by atoms with E-state index >= 15 is 0 Å². The molecule has 0 bridgehead atoms. The Hall–Kier alpha value is -1.23. The van der Waals surface area contributed by atoms with E-state index in [4.69, 9.17) is 0 Å². The van der Waals surface area contributed by atoms with E-state index in [2.05, 4.69) is 26.5 Å². The first-order valence-corrected chi connectivity index (χ1v) is 5.31. The summed E-state index contributed by atoms with van der Waals surface area (Å²) in [6.07, 6.45) is 3.59. The van der Waals surface area contributed by atoms with Crippen LogP contribution in [0.5, 0.6) is 0 Å². The van der Waals surface area contributed by atoms with E-state index in [1.807, 2.05) is 6.92 Å². The van der Waals surface area contributed by atoms with Crippen LogP contribution in [0.1, 0.15) is 22.0 Å². The third-order valence-corrected chi connectivity index (χ3v) is 2.95. The molecule has 1 N–H and O–H groups in total. The van der Waals surface area contributed by atoms with Crippen molar-refractivity contribution < 1.29 is 0 Å². The van der Waals surface area contributed by atoms with Gasteiger partial charge in [0.05, 0.1) is 17.7 Å². The standard InChI is InChI=1S/C9H12N4S/c1-6-8(11-5-10-6)3-4-9-7(2)14-13-12-9/h5H,3-4H2,1-2H3,(H,10,11). The normalized spacial score (nSPS) is 10.7. The van der Waals surface area contributed by atoms with Gasteiger partial charge in [-0.15, -0.1) is 5.10 Å². The molecular weight excluding hydrogens is 196 g/mol. The zero-order chi connectivity index (χ0) is 9.97. The second-order valence-electron chi connectivity index (χ2n) is 3.25. The summed E-state index contributed by atoms with van der Waals surface area (Å²) in [5.74, 6) is 0. The Kier molecular flexibility index (Phi) is 2.58. The monoisotopic (exact) mass is 208 g/mol. The molecule has 74 valence electrons. The number of nitrogens with zero attached hydrogens (tertiary/aromatic N) is 3. The fourth-order valence-corrected chi connectivity index (χ4v) is 1.87. The van der Waals surface area contributed by atoms with Crippen molar-refractivity contribution in [3.05, 3.63) is 28.3 Å². The highest BCUT2D eigenvalue weighted by atomic mass is 32.1. The van der Waals surface area contributed by atoms with Gasteiger partial charge in [-0.05, 0) is 38.2 Å². The second kappa shape index (κ2) is 3.88. The zero-order valence-corrected chi connectivity index (χ0v) is 9.06. The molecule has 0 aliphatic carbocycles.